The number of Topliss-reactive ketones (excluding diaryl/α,β-unsaturated/α-hetero) is 1. The lowest BCUT2D eigenvalue weighted by atomic mass is 10.1. The highest BCUT2D eigenvalue weighted by atomic mass is 19.1. The summed E-state index contributed by atoms with van der Waals surface area (Å²) in [5, 5.41) is 3.63. The van der Waals surface area contributed by atoms with E-state index in [2.05, 4.69) is 10.1 Å². The molecule has 0 amide bonds. The standard InChI is InChI=1S/C12H10F2N2O2/c1-7(17)4-12-15-11(16-18-12)5-8-2-3-9(13)6-10(8)14/h2-3,6H,4-5H2,1H3. The van der Waals surface area contributed by atoms with Crippen molar-refractivity contribution in [2.75, 3.05) is 0 Å². The fourth-order valence-corrected chi connectivity index (χ4v) is 1.48. The summed E-state index contributed by atoms with van der Waals surface area (Å²) in [7, 11) is 0. The molecule has 18 heavy (non-hydrogen) atoms. The third-order valence-corrected chi connectivity index (χ3v) is 2.27. The highest BCUT2D eigenvalue weighted by Gasteiger charge is 2.11. The Morgan fingerprint density at radius 1 is 1.39 bits per heavy atom. The van der Waals surface area contributed by atoms with Gasteiger partial charge in [-0.25, -0.2) is 8.78 Å². The normalized spacial score (nSPS) is 10.6. The Kier molecular flexibility index (Phi) is 3.45. The number of carbonyl (C=O) groups excluding carboxylic acids is 1. The molecule has 0 aliphatic carbocycles. The molecular weight excluding hydrogens is 242 g/mol. The molecular formula is C12H10F2N2O2. The van der Waals surface area contributed by atoms with Crippen LogP contribution in [0.1, 0.15) is 24.2 Å². The van der Waals surface area contributed by atoms with Crippen LogP contribution in [0.15, 0.2) is 22.7 Å². The molecule has 94 valence electrons. The zero-order valence-electron chi connectivity index (χ0n) is 9.61. The molecule has 0 bridgehead atoms. The molecule has 0 aliphatic heterocycles. The summed E-state index contributed by atoms with van der Waals surface area (Å²) in [6, 6.07) is 3.28. The van der Waals surface area contributed by atoms with Crippen molar-refractivity contribution in [2.24, 2.45) is 0 Å². The van der Waals surface area contributed by atoms with Crippen molar-refractivity contribution < 1.29 is 18.1 Å². The van der Waals surface area contributed by atoms with Crippen LogP contribution < -0.4 is 0 Å². The number of ketones is 1. The van der Waals surface area contributed by atoms with Crippen molar-refractivity contribution in [3.63, 3.8) is 0 Å². The van der Waals surface area contributed by atoms with Gasteiger partial charge in [-0.05, 0) is 18.6 Å². The van der Waals surface area contributed by atoms with Crippen molar-refractivity contribution in [1.82, 2.24) is 10.1 Å². The zero-order valence-corrected chi connectivity index (χ0v) is 9.61. The van der Waals surface area contributed by atoms with Gasteiger partial charge in [-0.2, -0.15) is 4.98 Å². The summed E-state index contributed by atoms with van der Waals surface area (Å²) in [6.45, 7) is 1.41. The maximum absolute atomic E-state index is 13.4. The third-order valence-electron chi connectivity index (χ3n) is 2.27. The first-order chi connectivity index (χ1) is 8.54. The van der Waals surface area contributed by atoms with E-state index in [0.29, 0.717) is 0 Å². The van der Waals surface area contributed by atoms with Crippen molar-refractivity contribution in [2.45, 2.75) is 19.8 Å². The fourth-order valence-electron chi connectivity index (χ4n) is 1.48. The zero-order chi connectivity index (χ0) is 13.1. The first-order valence-corrected chi connectivity index (χ1v) is 5.29. The Hall–Kier alpha value is -2.11. The van der Waals surface area contributed by atoms with Crippen molar-refractivity contribution >= 4 is 5.78 Å². The van der Waals surface area contributed by atoms with E-state index in [1.165, 1.54) is 13.0 Å². The Morgan fingerprint density at radius 3 is 2.83 bits per heavy atom. The van der Waals surface area contributed by atoms with Gasteiger partial charge in [0.15, 0.2) is 5.82 Å². The number of aromatic nitrogens is 2. The topological polar surface area (TPSA) is 56.0 Å². The number of hydrogen-bond donors (Lipinski definition) is 0. The smallest absolute Gasteiger partial charge is 0.234 e. The number of hydrogen-bond acceptors (Lipinski definition) is 4. The molecule has 0 radical (unpaired) electrons. The van der Waals surface area contributed by atoms with E-state index in [1.807, 2.05) is 0 Å². The molecule has 2 aromatic rings. The molecule has 1 aromatic heterocycles. The van der Waals surface area contributed by atoms with Crippen LogP contribution in [0.25, 0.3) is 0 Å². The van der Waals surface area contributed by atoms with Crippen LogP contribution in [0.5, 0.6) is 0 Å². The van der Waals surface area contributed by atoms with E-state index in [1.54, 1.807) is 0 Å². The molecule has 0 spiro atoms. The van der Waals surface area contributed by atoms with Crippen LogP contribution in [0, 0.1) is 11.6 Å². The molecule has 0 saturated heterocycles. The van der Waals surface area contributed by atoms with Gasteiger partial charge in [-0.15, -0.1) is 0 Å². The van der Waals surface area contributed by atoms with E-state index in [0.717, 1.165) is 12.1 Å². The van der Waals surface area contributed by atoms with Gasteiger partial charge in [0.05, 0.1) is 6.42 Å². The first-order valence-electron chi connectivity index (χ1n) is 5.29. The van der Waals surface area contributed by atoms with Crippen molar-refractivity contribution in [1.29, 1.82) is 0 Å². The Morgan fingerprint density at radius 2 is 2.17 bits per heavy atom. The van der Waals surface area contributed by atoms with Crippen LogP contribution in [0.3, 0.4) is 0 Å². The summed E-state index contributed by atoms with van der Waals surface area (Å²) < 4.78 is 30.9. The van der Waals surface area contributed by atoms with Crippen LogP contribution >= 0.6 is 0 Å². The van der Waals surface area contributed by atoms with Crippen LogP contribution in [0.4, 0.5) is 8.78 Å². The van der Waals surface area contributed by atoms with E-state index < -0.39 is 11.6 Å². The minimum atomic E-state index is -0.659. The average molecular weight is 252 g/mol. The predicted molar refractivity (Wildman–Crippen MR) is 57.8 cm³/mol. The van der Waals surface area contributed by atoms with Crippen LogP contribution in [0.2, 0.25) is 0 Å². The molecule has 1 heterocycles. The molecule has 0 aliphatic rings. The summed E-state index contributed by atoms with van der Waals surface area (Å²) in [5.41, 5.74) is 0.270. The van der Waals surface area contributed by atoms with Crippen LogP contribution in [-0.2, 0) is 17.6 Å². The third kappa shape index (κ3) is 2.97. The Bertz CT molecular complexity index is 581. The molecule has 1 aromatic carbocycles. The number of rotatable bonds is 4. The maximum atomic E-state index is 13.4. The Balaban J connectivity index is 2.13. The SMILES string of the molecule is CC(=O)Cc1nc(Cc2ccc(F)cc2F)no1. The molecule has 6 heteroatoms. The number of benzene rings is 1. The van der Waals surface area contributed by atoms with Gasteiger partial charge in [0.2, 0.25) is 5.89 Å². The minimum Gasteiger partial charge on any atom is -0.339 e. The lowest BCUT2D eigenvalue weighted by molar-refractivity contribution is -0.116. The second kappa shape index (κ2) is 5.03. The van der Waals surface area contributed by atoms with Gasteiger partial charge >= 0.3 is 0 Å². The van der Waals surface area contributed by atoms with Crippen molar-refractivity contribution in [3.8, 4) is 0 Å². The number of nitrogens with zero attached hydrogens (tertiary/aromatic N) is 2. The van der Waals surface area contributed by atoms with E-state index in [9.17, 15) is 13.6 Å². The lowest BCUT2D eigenvalue weighted by Crippen LogP contribution is -1.98. The summed E-state index contributed by atoms with van der Waals surface area (Å²) >= 11 is 0. The lowest BCUT2D eigenvalue weighted by Gasteiger charge is -1.98. The average Bonchev–Trinajstić information content (AvgIpc) is 2.69. The highest BCUT2D eigenvalue weighted by molar-refractivity contribution is 5.77. The molecule has 0 unspecified atom stereocenters. The van der Waals surface area contributed by atoms with E-state index >= 15 is 0 Å². The fraction of sp³-hybridized carbons (Fsp3) is 0.250. The highest BCUT2D eigenvalue weighted by Crippen LogP contribution is 2.13. The van der Waals surface area contributed by atoms with E-state index in [-0.39, 0.29) is 35.9 Å². The van der Waals surface area contributed by atoms with E-state index in [4.69, 9.17) is 4.52 Å². The second-order valence-corrected chi connectivity index (χ2v) is 3.90. The molecule has 0 fully saturated rings. The molecule has 0 saturated carbocycles. The Labute approximate surface area is 102 Å². The molecule has 4 nitrogen and oxygen atoms in total. The molecule has 0 N–H and O–H groups in total. The quantitative estimate of drug-likeness (QED) is 0.835. The second-order valence-electron chi connectivity index (χ2n) is 3.90. The predicted octanol–water partition coefficient (Wildman–Crippen LogP) is 2.07. The van der Waals surface area contributed by atoms with Gasteiger partial charge in [0.1, 0.15) is 17.4 Å². The van der Waals surface area contributed by atoms with Gasteiger partial charge in [-0.1, -0.05) is 11.2 Å². The number of halogens is 2. The van der Waals surface area contributed by atoms with Crippen molar-refractivity contribution in [3.05, 3.63) is 47.1 Å². The van der Waals surface area contributed by atoms with Gasteiger partial charge in [0, 0.05) is 12.5 Å². The van der Waals surface area contributed by atoms with Crippen LogP contribution in [-0.4, -0.2) is 15.9 Å². The summed E-state index contributed by atoms with van der Waals surface area (Å²) in [6.07, 6.45) is 0.145. The molecule has 2 rings (SSSR count). The van der Waals surface area contributed by atoms with Gasteiger partial charge < -0.3 is 4.52 Å². The largest absolute Gasteiger partial charge is 0.339 e. The first kappa shape index (κ1) is 12.3. The molecule has 0 atom stereocenters. The monoisotopic (exact) mass is 252 g/mol. The van der Waals surface area contributed by atoms with Gasteiger partial charge in [0.25, 0.3) is 0 Å². The summed E-state index contributed by atoms with van der Waals surface area (Å²) in [5.74, 6) is -0.940. The summed E-state index contributed by atoms with van der Waals surface area (Å²) in [4.78, 5) is 14.8. The maximum Gasteiger partial charge on any atom is 0.234 e. The van der Waals surface area contributed by atoms with Gasteiger partial charge in [-0.3, -0.25) is 4.79 Å². The minimum absolute atomic E-state index is 0.0545. The number of carbonyl (C=O) groups is 1.